The molecule has 0 aromatic heterocycles. The Hall–Kier alpha value is -0.910. The van der Waals surface area contributed by atoms with Gasteiger partial charge >= 0.3 is 0 Å². The van der Waals surface area contributed by atoms with E-state index in [9.17, 15) is 8.42 Å². The van der Waals surface area contributed by atoms with Crippen molar-refractivity contribution in [2.75, 3.05) is 6.54 Å². The van der Waals surface area contributed by atoms with Gasteiger partial charge in [0.25, 0.3) is 0 Å². The fourth-order valence-electron chi connectivity index (χ4n) is 2.58. The lowest BCUT2D eigenvalue weighted by Crippen LogP contribution is -2.34. The first-order valence-corrected chi connectivity index (χ1v) is 8.67. The van der Waals surface area contributed by atoms with Gasteiger partial charge in [-0.3, -0.25) is 0 Å². The van der Waals surface area contributed by atoms with Crippen molar-refractivity contribution >= 4 is 10.0 Å². The van der Waals surface area contributed by atoms with Crippen molar-refractivity contribution in [3.8, 4) is 0 Å². The summed E-state index contributed by atoms with van der Waals surface area (Å²) >= 11 is 0. The Kier molecular flexibility index (Phi) is 4.52. The van der Waals surface area contributed by atoms with E-state index in [1.165, 1.54) is 0 Å². The van der Waals surface area contributed by atoms with E-state index >= 15 is 0 Å². The highest BCUT2D eigenvalue weighted by Gasteiger charge is 2.38. The molecule has 0 amide bonds. The summed E-state index contributed by atoms with van der Waals surface area (Å²) < 4.78 is 27.4. The number of aryl methyl sites for hydroxylation is 2. The number of hydrogen-bond acceptors (Lipinski definition) is 3. The van der Waals surface area contributed by atoms with Crippen LogP contribution in [0.4, 0.5) is 0 Å². The topological polar surface area (TPSA) is 63.4 Å². The fraction of sp³-hybridized carbons (Fsp3) is 0.600. The average Bonchev–Trinajstić information content (AvgIpc) is 3.19. The molecule has 1 saturated carbocycles. The van der Waals surface area contributed by atoms with Gasteiger partial charge in [0.2, 0.25) is 10.0 Å². The van der Waals surface area contributed by atoms with Crippen LogP contribution in [0, 0.1) is 13.8 Å². The lowest BCUT2D eigenvalue weighted by atomic mass is 10.1. The first kappa shape index (κ1) is 15.5. The maximum Gasteiger partial charge on any atom is 0.243 e. The highest BCUT2D eigenvalue weighted by atomic mass is 32.2. The minimum atomic E-state index is -3.40. The number of nitrogens with two attached hydrogens (primary N) is 1. The molecular weight excluding hydrogens is 272 g/mol. The lowest BCUT2D eigenvalue weighted by Gasteiger charge is -2.23. The molecule has 2 N–H and O–H groups in total. The Balaban J connectivity index is 2.47. The SMILES string of the molecule is CCCN(C1CC1)S(=O)(=O)c1cc(CN)c(C)cc1C. The molecule has 20 heavy (non-hydrogen) atoms. The molecule has 1 aliphatic carbocycles. The van der Waals surface area contributed by atoms with Crippen LogP contribution in [0.1, 0.15) is 42.9 Å². The van der Waals surface area contributed by atoms with E-state index < -0.39 is 10.0 Å². The van der Waals surface area contributed by atoms with E-state index in [-0.39, 0.29) is 6.04 Å². The van der Waals surface area contributed by atoms with Crippen LogP contribution in [0.15, 0.2) is 17.0 Å². The summed E-state index contributed by atoms with van der Waals surface area (Å²) in [6.45, 7) is 6.80. The quantitative estimate of drug-likeness (QED) is 0.876. The normalized spacial score (nSPS) is 15.8. The zero-order valence-electron chi connectivity index (χ0n) is 12.5. The van der Waals surface area contributed by atoms with Crippen LogP contribution in [0.25, 0.3) is 0 Å². The predicted octanol–water partition coefficient (Wildman–Crippen LogP) is 2.33. The number of benzene rings is 1. The molecule has 1 aromatic rings. The summed E-state index contributed by atoms with van der Waals surface area (Å²) in [7, 11) is -3.40. The highest BCUT2D eigenvalue weighted by Crippen LogP contribution is 2.33. The van der Waals surface area contributed by atoms with Crippen LogP contribution < -0.4 is 5.73 Å². The van der Waals surface area contributed by atoms with Crippen LogP contribution in [-0.4, -0.2) is 25.3 Å². The van der Waals surface area contributed by atoms with Crippen LogP contribution in [-0.2, 0) is 16.6 Å². The Morgan fingerprint density at radius 2 is 1.90 bits per heavy atom. The molecule has 0 unspecified atom stereocenters. The van der Waals surface area contributed by atoms with Gasteiger partial charge in [-0.15, -0.1) is 0 Å². The van der Waals surface area contributed by atoms with E-state index in [1.807, 2.05) is 26.8 Å². The highest BCUT2D eigenvalue weighted by molar-refractivity contribution is 7.89. The first-order chi connectivity index (χ1) is 9.41. The average molecular weight is 296 g/mol. The molecule has 0 saturated heterocycles. The summed E-state index contributed by atoms with van der Waals surface area (Å²) in [6.07, 6.45) is 2.80. The second-order valence-electron chi connectivity index (χ2n) is 5.60. The van der Waals surface area contributed by atoms with E-state index in [4.69, 9.17) is 5.73 Å². The Labute approximate surface area is 122 Å². The van der Waals surface area contributed by atoms with E-state index in [2.05, 4.69) is 0 Å². The van der Waals surface area contributed by atoms with Crippen molar-refractivity contribution in [2.45, 2.75) is 57.5 Å². The maximum atomic E-state index is 12.9. The summed E-state index contributed by atoms with van der Waals surface area (Å²) in [6, 6.07) is 3.87. The second-order valence-corrected chi connectivity index (χ2v) is 7.45. The van der Waals surface area contributed by atoms with Crippen LogP contribution >= 0.6 is 0 Å². The van der Waals surface area contributed by atoms with Crippen molar-refractivity contribution in [3.63, 3.8) is 0 Å². The Morgan fingerprint density at radius 1 is 1.25 bits per heavy atom. The molecule has 0 atom stereocenters. The molecule has 2 rings (SSSR count). The Morgan fingerprint density at radius 3 is 2.40 bits per heavy atom. The number of rotatable bonds is 6. The zero-order valence-corrected chi connectivity index (χ0v) is 13.3. The summed E-state index contributed by atoms with van der Waals surface area (Å²) in [4.78, 5) is 0.420. The summed E-state index contributed by atoms with van der Waals surface area (Å²) in [5.74, 6) is 0. The molecule has 1 aliphatic rings. The second kappa shape index (κ2) is 5.84. The summed E-state index contributed by atoms with van der Waals surface area (Å²) in [5, 5.41) is 0. The van der Waals surface area contributed by atoms with Gasteiger partial charge < -0.3 is 5.73 Å². The number of hydrogen-bond donors (Lipinski definition) is 1. The molecule has 0 radical (unpaired) electrons. The van der Waals surface area contributed by atoms with Gasteiger partial charge in [0.05, 0.1) is 4.90 Å². The van der Waals surface area contributed by atoms with Crippen LogP contribution in [0.5, 0.6) is 0 Å². The van der Waals surface area contributed by atoms with Gasteiger partial charge in [0.15, 0.2) is 0 Å². The molecule has 4 nitrogen and oxygen atoms in total. The van der Waals surface area contributed by atoms with E-state index in [0.717, 1.165) is 36.0 Å². The zero-order chi connectivity index (χ0) is 14.9. The molecule has 0 spiro atoms. The van der Waals surface area contributed by atoms with E-state index in [1.54, 1.807) is 10.4 Å². The van der Waals surface area contributed by atoms with Gasteiger partial charge in [-0.05, 0) is 55.9 Å². The standard InChI is InChI=1S/C15H24N2O2S/c1-4-7-17(14-5-6-14)20(18,19)15-9-13(10-16)11(2)8-12(15)3/h8-9,14H,4-7,10,16H2,1-3H3. The first-order valence-electron chi connectivity index (χ1n) is 7.23. The van der Waals surface area contributed by atoms with E-state index in [0.29, 0.717) is 18.0 Å². The molecule has 1 aromatic carbocycles. The largest absolute Gasteiger partial charge is 0.326 e. The van der Waals surface area contributed by atoms with Crippen molar-refractivity contribution in [2.24, 2.45) is 5.73 Å². The van der Waals surface area contributed by atoms with Gasteiger partial charge in [0.1, 0.15) is 0 Å². The fourth-order valence-corrected chi connectivity index (χ4v) is 4.62. The van der Waals surface area contributed by atoms with Crippen molar-refractivity contribution in [1.82, 2.24) is 4.31 Å². The minimum absolute atomic E-state index is 0.196. The molecule has 5 heteroatoms. The third-order valence-corrected chi connectivity index (χ3v) is 5.93. The lowest BCUT2D eigenvalue weighted by molar-refractivity contribution is 0.403. The van der Waals surface area contributed by atoms with Gasteiger partial charge in [-0.25, -0.2) is 8.42 Å². The van der Waals surface area contributed by atoms with Crippen molar-refractivity contribution in [3.05, 3.63) is 28.8 Å². The van der Waals surface area contributed by atoms with Gasteiger partial charge in [-0.2, -0.15) is 4.31 Å². The smallest absolute Gasteiger partial charge is 0.243 e. The van der Waals surface area contributed by atoms with Crippen molar-refractivity contribution < 1.29 is 8.42 Å². The molecule has 0 aliphatic heterocycles. The molecular formula is C15H24N2O2S. The number of sulfonamides is 1. The Bertz CT molecular complexity index is 592. The van der Waals surface area contributed by atoms with Crippen LogP contribution in [0.2, 0.25) is 0 Å². The van der Waals surface area contributed by atoms with Gasteiger partial charge in [0, 0.05) is 19.1 Å². The third kappa shape index (κ3) is 2.90. The summed E-state index contributed by atoms with van der Waals surface area (Å²) in [5.41, 5.74) is 8.48. The number of nitrogens with zero attached hydrogens (tertiary/aromatic N) is 1. The van der Waals surface area contributed by atoms with Crippen LogP contribution in [0.3, 0.4) is 0 Å². The molecule has 112 valence electrons. The minimum Gasteiger partial charge on any atom is -0.326 e. The van der Waals surface area contributed by atoms with Gasteiger partial charge in [-0.1, -0.05) is 13.0 Å². The molecule has 0 heterocycles. The molecule has 1 fully saturated rings. The van der Waals surface area contributed by atoms with Crippen molar-refractivity contribution in [1.29, 1.82) is 0 Å². The maximum absolute atomic E-state index is 12.9. The third-order valence-electron chi connectivity index (χ3n) is 3.84. The predicted molar refractivity (Wildman–Crippen MR) is 81.0 cm³/mol. The monoisotopic (exact) mass is 296 g/mol. The molecule has 0 bridgehead atoms.